The summed E-state index contributed by atoms with van der Waals surface area (Å²) in [6.07, 6.45) is 1.90. The standard InChI is InChI=1S/C18H21N5OS/c1-22(2)15(14-8-4-3-5-9-14)12-19-17(24)13-25-18-21-20-16-10-6-7-11-23(16)18/h3-11,15H,12-13H2,1-2H3,(H,19,24). The molecule has 7 heteroatoms. The molecule has 6 nitrogen and oxygen atoms in total. The Balaban J connectivity index is 1.55. The summed E-state index contributed by atoms with van der Waals surface area (Å²) >= 11 is 1.38. The van der Waals surface area contributed by atoms with Crippen LogP contribution in [-0.4, -0.2) is 51.8 Å². The second-order valence-electron chi connectivity index (χ2n) is 5.89. The fourth-order valence-electron chi connectivity index (χ4n) is 2.58. The van der Waals surface area contributed by atoms with Gasteiger partial charge in [-0.3, -0.25) is 9.20 Å². The summed E-state index contributed by atoms with van der Waals surface area (Å²) in [7, 11) is 4.03. The van der Waals surface area contributed by atoms with E-state index in [1.807, 2.05) is 61.1 Å². The second kappa shape index (κ2) is 8.13. The highest BCUT2D eigenvalue weighted by Crippen LogP contribution is 2.18. The molecule has 0 fully saturated rings. The molecule has 1 N–H and O–H groups in total. The molecule has 1 atom stereocenters. The Labute approximate surface area is 151 Å². The van der Waals surface area contributed by atoms with Gasteiger partial charge in [0.15, 0.2) is 10.8 Å². The third kappa shape index (κ3) is 4.37. The van der Waals surface area contributed by atoms with Crippen LogP contribution in [0.2, 0.25) is 0 Å². The summed E-state index contributed by atoms with van der Waals surface area (Å²) < 4.78 is 1.88. The van der Waals surface area contributed by atoms with Gasteiger partial charge in [-0.05, 0) is 31.8 Å². The number of fused-ring (bicyclic) bond motifs is 1. The molecule has 2 aromatic heterocycles. The molecule has 1 aromatic carbocycles. The first-order valence-electron chi connectivity index (χ1n) is 8.06. The topological polar surface area (TPSA) is 62.5 Å². The van der Waals surface area contributed by atoms with E-state index in [2.05, 4.69) is 32.5 Å². The summed E-state index contributed by atoms with van der Waals surface area (Å²) in [5.41, 5.74) is 1.96. The van der Waals surface area contributed by atoms with Crippen molar-refractivity contribution in [1.82, 2.24) is 24.8 Å². The number of nitrogens with one attached hydrogen (secondary N) is 1. The van der Waals surface area contributed by atoms with Gasteiger partial charge in [0.05, 0.1) is 11.8 Å². The summed E-state index contributed by atoms with van der Waals surface area (Å²) in [4.78, 5) is 14.3. The van der Waals surface area contributed by atoms with E-state index in [0.29, 0.717) is 12.3 Å². The van der Waals surface area contributed by atoms with Gasteiger partial charge in [-0.1, -0.05) is 48.2 Å². The Hall–Kier alpha value is -2.38. The minimum absolute atomic E-state index is 0.0135. The molecule has 0 saturated carbocycles. The first-order valence-corrected chi connectivity index (χ1v) is 9.04. The summed E-state index contributed by atoms with van der Waals surface area (Å²) in [6, 6.07) is 16.0. The molecule has 130 valence electrons. The number of rotatable bonds is 7. The lowest BCUT2D eigenvalue weighted by Crippen LogP contribution is -2.35. The maximum Gasteiger partial charge on any atom is 0.230 e. The number of aromatic nitrogens is 3. The molecule has 0 spiro atoms. The molecule has 1 unspecified atom stereocenters. The van der Waals surface area contributed by atoms with Gasteiger partial charge < -0.3 is 10.2 Å². The summed E-state index contributed by atoms with van der Waals surface area (Å²) in [5, 5.41) is 11.9. The highest BCUT2D eigenvalue weighted by molar-refractivity contribution is 7.99. The van der Waals surface area contributed by atoms with Gasteiger partial charge >= 0.3 is 0 Å². The van der Waals surface area contributed by atoms with Gasteiger partial charge in [-0.25, -0.2) is 0 Å². The molecule has 0 saturated heterocycles. The van der Waals surface area contributed by atoms with E-state index < -0.39 is 0 Å². The van der Waals surface area contributed by atoms with Crippen LogP contribution >= 0.6 is 11.8 Å². The first-order chi connectivity index (χ1) is 12.1. The predicted molar refractivity (Wildman–Crippen MR) is 99.6 cm³/mol. The Morgan fingerprint density at radius 2 is 1.92 bits per heavy atom. The maximum atomic E-state index is 12.2. The zero-order chi connectivity index (χ0) is 17.6. The SMILES string of the molecule is CN(C)C(CNC(=O)CSc1nnc2ccccn12)c1ccccc1. The quantitative estimate of drug-likeness (QED) is 0.659. The number of likely N-dealkylation sites (N-methyl/N-ethyl adjacent to an activating group) is 1. The van der Waals surface area contributed by atoms with E-state index in [1.54, 1.807) is 0 Å². The molecule has 0 bridgehead atoms. The number of carbonyl (C=O) groups excluding carboxylic acids is 1. The van der Waals surface area contributed by atoms with Crippen LogP contribution in [-0.2, 0) is 4.79 Å². The Morgan fingerprint density at radius 1 is 1.16 bits per heavy atom. The van der Waals surface area contributed by atoms with Crippen molar-refractivity contribution in [2.24, 2.45) is 0 Å². The first kappa shape index (κ1) is 17.4. The van der Waals surface area contributed by atoms with Crippen LogP contribution in [0.1, 0.15) is 11.6 Å². The zero-order valence-electron chi connectivity index (χ0n) is 14.3. The number of hydrogen-bond donors (Lipinski definition) is 1. The van der Waals surface area contributed by atoms with Crippen LogP contribution in [0.15, 0.2) is 59.9 Å². The number of carbonyl (C=O) groups is 1. The highest BCUT2D eigenvalue weighted by Gasteiger charge is 2.15. The van der Waals surface area contributed by atoms with Crippen LogP contribution in [0.3, 0.4) is 0 Å². The van der Waals surface area contributed by atoms with Gasteiger partial charge in [-0.15, -0.1) is 10.2 Å². The van der Waals surface area contributed by atoms with Gasteiger partial charge in [-0.2, -0.15) is 0 Å². The number of pyridine rings is 1. The van der Waals surface area contributed by atoms with E-state index in [4.69, 9.17) is 0 Å². The van der Waals surface area contributed by atoms with Crippen LogP contribution in [0.5, 0.6) is 0 Å². The number of amides is 1. The normalized spacial score (nSPS) is 12.4. The van der Waals surface area contributed by atoms with E-state index in [-0.39, 0.29) is 11.9 Å². The van der Waals surface area contributed by atoms with E-state index in [1.165, 1.54) is 17.3 Å². The minimum Gasteiger partial charge on any atom is -0.353 e. The largest absolute Gasteiger partial charge is 0.353 e. The number of benzene rings is 1. The third-order valence-electron chi connectivity index (χ3n) is 3.92. The molecule has 0 aliphatic heterocycles. The summed E-state index contributed by atoms with van der Waals surface area (Å²) in [5.74, 6) is 0.297. The molecular formula is C18H21N5OS. The van der Waals surface area contributed by atoms with Crippen molar-refractivity contribution in [2.75, 3.05) is 26.4 Å². The van der Waals surface area contributed by atoms with Gasteiger partial charge in [0.2, 0.25) is 5.91 Å². The van der Waals surface area contributed by atoms with Gasteiger partial charge in [0, 0.05) is 12.7 Å². The Bertz CT molecular complexity index is 834. The highest BCUT2D eigenvalue weighted by atomic mass is 32.2. The smallest absolute Gasteiger partial charge is 0.230 e. The zero-order valence-corrected chi connectivity index (χ0v) is 15.1. The average molecular weight is 355 g/mol. The lowest BCUT2D eigenvalue weighted by Gasteiger charge is -2.25. The molecule has 0 radical (unpaired) electrons. The Kier molecular flexibility index (Phi) is 5.67. The summed E-state index contributed by atoms with van der Waals surface area (Å²) in [6.45, 7) is 0.566. The molecule has 25 heavy (non-hydrogen) atoms. The molecule has 2 heterocycles. The fraction of sp³-hybridized carbons (Fsp3) is 0.278. The molecule has 0 aliphatic rings. The molecule has 3 aromatic rings. The lowest BCUT2D eigenvalue weighted by atomic mass is 10.1. The fourth-order valence-corrected chi connectivity index (χ4v) is 3.34. The molecule has 0 aliphatic carbocycles. The average Bonchev–Trinajstić information content (AvgIpc) is 3.04. The number of nitrogens with zero attached hydrogens (tertiary/aromatic N) is 4. The minimum atomic E-state index is -0.0135. The number of thioether (sulfide) groups is 1. The van der Waals surface area contributed by atoms with Crippen LogP contribution in [0.25, 0.3) is 5.65 Å². The molecular weight excluding hydrogens is 334 g/mol. The molecule has 3 rings (SSSR count). The van der Waals surface area contributed by atoms with Crippen molar-refractivity contribution >= 4 is 23.3 Å². The monoisotopic (exact) mass is 355 g/mol. The maximum absolute atomic E-state index is 12.2. The van der Waals surface area contributed by atoms with E-state index in [0.717, 1.165) is 10.8 Å². The van der Waals surface area contributed by atoms with E-state index in [9.17, 15) is 4.79 Å². The van der Waals surface area contributed by atoms with Crippen molar-refractivity contribution in [2.45, 2.75) is 11.2 Å². The van der Waals surface area contributed by atoms with Crippen molar-refractivity contribution in [3.8, 4) is 0 Å². The third-order valence-corrected chi connectivity index (χ3v) is 4.86. The van der Waals surface area contributed by atoms with Crippen molar-refractivity contribution in [3.63, 3.8) is 0 Å². The van der Waals surface area contributed by atoms with Gasteiger partial charge in [0.1, 0.15) is 0 Å². The van der Waals surface area contributed by atoms with Crippen molar-refractivity contribution < 1.29 is 4.79 Å². The lowest BCUT2D eigenvalue weighted by molar-refractivity contribution is -0.118. The predicted octanol–water partition coefficient (Wildman–Crippen LogP) is 2.24. The van der Waals surface area contributed by atoms with E-state index >= 15 is 0 Å². The number of hydrogen-bond acceptors (Lipinski definition) is 5. The van der Waals surface area contributed by atoms with Crippen LogP contribution < -0.4 is 5.32 Å². The van der Waals surface area contributed by atoms with Crippen molar-refractivity contribution in [1.29, 1.82) is 0 Å². The van der Waals surface area contributed by atoms with Crippen molar-refractivity contribution in [3.05, 3.63) is 60.3 Å². The van der Waals surface area contributed by atoms with Gasteiger partial charge in [0.25, 0.3) is 0 Å². The van der Waals surface area contributed by atoms with Crippen LogP contribution in [0.4, 0.5) is 0 Å². The molecule has 1 amide bonds. The Morgan fingerprint density at radius 3 is 2.68 bits per heavy atom. The van der Waals surface area contributed by atoms with Crippen LogP contribution in [0, 0.1) is 0 Å². The second-order valence-corrected chi connectivity index (χ2v) is 6.84.